The molecule has 1 fully saturated rings. The zero-order valence-electron chi connectivity index (χ0n) is 13.3. The van der Waals surface area contributed by atoms with Crippen LogP contribution < -0.4 is 5.32 Å². The summed E-state index contributed by atoms with van der Waals surface area (Å²) < 4.78 is 6.72. The third-order valence-corrected chi connectivity index (χ3v) is 4.91. The number of oxazole rings is 1. The van der Waals surface area contributed by atoms with Gasteiger partial charge in [0.05, 0.1) is 15.9 Å². The molecule has 5 nitrogen and oxygen atoms in total. The van der Waals surface area contributed by atoms with E-state index in [9.17, 15) is 4.79 Å². The van der Waals surface area contributed by atoms with Crippen LogP contribution in [0.25, 0.3) is 10.2 Å². The van der Waals surface area contributed by atoms with Crippen LogP contribution in [0.2, 0.25) is 0 Å². The molecule has 1 amide bonds. The van der Waals surface area contributed by atoms with Gasteiger partial charge in [-0.2, -0.15) is 0 Å². The molecule has 1 aliphatic rings. The fraction of sp³-hybridized carbons (Fsp3) is 0.353. The Morgan fingerprint density at radius 1 is 1.26 bits per heavy atom. The summed E-state index contributed by atoms with van der Waals surface area (Å²) in [5, 5.41) is 3.43. The lowest BCUT2D eigenvalue weighted by molar-refractivity contribution is 0.0994. The summed E-state index contributed by atoms with van der Waals surface area (Å²) in [7, 11) is 0. The minimum atomic E-state index is -0.282. The van der Waals surface area contributed by atoms with Crippen LogP contribution >= 0.6 is 11.3 Å². The highest BCUT2D eigenvalue weighted by Gasteiger charge is 2.31. The third kappa shape index (κ3) is 2.63. The van der Waals surface area contributed by atoms with Gasteiger partial charge in [-0.05, 0) is 50.8 Å². The van der Waals surface area contributed by atoms with Crippen LogP contribution in [0, 0.1) is 20.8 Å². The van der Waals surface area contributed by atoms with E-state index < -0.39 is 0 Å². The van der Waals surface area contributed by atoms with Crippen molar-refractivity contribution >= 4 is 32.6 Å². The number of aromatic nitrogens is 2. The predicted molar refractivity (Wildman–Crippen MR) is 90.3 cm³/mol. The summed E-state index contributed by atoms with van der Waals surface area (Å²) in [6.45, 7) is 5.89. The molecule has 2 heterocycles. The number of fused-ring (bicyclic) bond motifs is 1. The number of nitrogens with zero attached hydrogens (tertiary/aromatic N) is 2. The predicted octanol–water partition coefficient (Wildman–Crippen LogP) is 4.34. The second-order valence-corrected chi connectivity index (χ2v) is 7.17. The monoisotopic (exact) mass is 327 g/mol. The number of anilines is 1. The highest BCUT2D eigenvalue weighted by atomic mass is 32.1. The lowest BCUT2D eigenvalue weighted by Gasteiger charge is -1.98. The Hall–Kier alpha value is -2.21. The van der Waals surface area contributed by atoms with Crippen molar-refractivity contribution in [2.75, 3.05) is 5.32 Å². The van der Waals surface area contributed by atoms with Crippen molar-refractivity contribution in [2.45, 2.75) is 39.5 Å². The topological polar surface area (TPSA) is 68.0 Å². The molecule has 1 aliphatic carbocycles. The smallest absolute Gasteiger partial charge is 0.295 e. The summed E-state index contributed by atoms with van der Waals surface area (Å²) in [6.07, 6.45) is 2.19. The maximum atomic E-state index is 12.4. The highest BCUT2D eigenvalue weighted by Crippen LogP contribution is 2.40. The normalized spacial score (nSPS) is 14.4. The molecule has 0 radical (unpaired) electrons. The first-order valence-corrected chi connectivity index (χ1v) is 8.49. The first kappa shape index (κ1) is 14.4. The minimum absolute atomic E-state index is 0.282. The fourth-order valence-electron chi connectivity index (χ4n) is 2.71. The van der Waals surface area contributed by atoms with E-state index in [0.29, 0.717) is 28.4 Å². The fourth-order valence-corrected chi connectivity index (χ4v) is 3.75. The van der Waals surface area contributed by atoms with Crippen molar-refractivity contribution in [3.8, 4) is 0 Å². The number of benzene rings is 1. The van der Waals surface area contributed by atoms with Gasteiger partial charge in [-0.1, -0.05) is 17.4 Å². The molecule has 3 aromatic rings. The minimum Gasteiger partial charge on any atom is -0.435 e. The van der Waals surface area contributed by atoms with Gasteiger partial charge in [0.25, 0.3) is 5.91 Å². The quantitative estimate of drug-likeness (QED) is 0.777. The van der Waals surface area contributed by atoms with Crippen LogP contribution in [0.4, 0.5) is 5.13 Å². The van der Waals surface area contributed by atoms with Gasteiger partial charge < -0.3 is 4.42 Å². The average Bonchev–Trinajstić information content (AvgIpc) is 3.14. The van der Waals surface area contributed by atoms with E-state index in [0.717, 1.165) is 28.6 Å². The van der Waals surface area contributed by atoms with Gasteiger partial charge in [0.2, 0.25) is 5.76 Å². The molecule has 1 N–H and O–H groups in total. The van der Waals surface area contributed by atoms with E-state index >= 15 is 0 Å². The number of carbonyl (C=O) groups excluding carboxylic acids is 1. The van der Waals surface area contributed by atoms with Crippen LogP contribution in [0.15, 0.2) is 16.5 Å². The van der Waals surface area contributed by atoms with E-state index in [1.54, 1.807) is 6.92 Å². The first-order valence-electron chi connectivity index (χ1n) is 7.67. The molecule has 6 heteroatoms. The van der Waals surface area contributed by atoms with Crippen LogP contribution in [-0.2, 0) is 0 Å². The molecular formula is C17H17N3O2S. The van der Waals surface area contributed by atoms with Crippen molar-refractivity contribution in [3.63, 3.8) is 0 Å². The summed E-state index contributed by atoms with van der Waals surface area (Å²) in [5.74, 6) is 1.08. The maximum absolute atomic E-state index is 12.4. The second kappa shape index (κ2) is 5.16. The molecule has 0 atom stereocenters. The number of hydrogen-bond donors (Lipinski definition) is 1. The molecule has 1 aromatic carbocycles. The Morgan fingerprint density at radius 2 is 2.04 bits per heavy atom. The molecule has 118 valence electrons. The summed E-state index contributed by atoms with van der Waals surface area (Å²) in [5.41, 5.74) is 3.88. The van der Waals surface area contributed by atoms with Crippen molar-refractivity contribution < 1.29 is 9.21 Å². The summed E-state index contributed by atoms with van der Waals surface area (Å²) in [6, 6.07) is 4.18. The average molecular weight is 327 g/mol. The van der Waals surface area contributed by atoms with Gasteiger partial charge in [0.15, 0.2) is 11.0 Å². The molecule has 1 saturated carbocycles. The van der Waals surface area contributed by atoms with Crippen molar-refractivity contribution in [1.29, 1.82) is 0 Å². The van der Waals surface area contributed by atoms with Crippen LogP contribution in [0.5, 0.6) is 0 Å². The Bertz CT molecular complexity index is 921. The number of thiazole rings is 1. The Kier molecular flexibility index (Phi) is 3.23. The molecular weight excluding hydrogens is 310 g/mol. The molecule has 0 aliphatic heterocycles. The summed E-state index contributed by atoms with van der Waals surface area (Å²) in [4.78, 5) is 21.3. The van der Waals surface area contributed by atoms with Gasteiger partial charge in [-0.15, -0.1) is 0 Å². The SMILES string of the molecule is Cc1cc(C)c2nc(NC(=O)c3oc(C4CC4)nc3C)sc2c1. The standard InChI is InChI=1S/C17H17N3O2S/c1-8-6-9(2)13-12(7-8)23-17(19-13)20-15(21)14-10(3)18-16(22-14)11-4-5-11/h6-7,11H,4-5H2,1-3H3,(H,19,20,21). The number of rotatable bonds is 3. The number of aryl methyl sites for hydroxylation is 3. The Labute approximate surface area is 137 Å². The van der Waals surface area contributed by atoms with E-state index in [1.807, 2.05) is 6.92 Å². The molecule has 2 aromatic heterocycles. The Balaban J connectivity index is 1.62. The van der Waals surface area contributed by atoms with Gasteiger partial charge in [0.1, 0.15) is 0 Å². The number of amides is 1. The van der Waals surface area contributed by atoms with E-state index in [4.69, 9.17) is 4.42 Å². The molecule has 0 spiro atoms. The van der Waals surface area contributed by atoms with Crippen LogP contribution in [0.1, 0.15) is 52.0 Å². The number of hydrogen-bond acceptors (Lipinski definition) is 5. The number of carbonyl (C=O) groups is 1. The summed E-state index contributed by atoms with van der Waals surface area (Å²) >= 11 is 1.47. The van der Waals surface area contributed by atoms with Crippen molar-refractivity contribution in [2.24, 2.45) is 0 Å². The van der Waals surface area contributed by atoms with Gasteiger partial charge >= 0.3 is 0 Å². The van der Waals surface area contributed by atoms with Gasteiger partial charge in [0, 0.05) is 5.92 Å². The largest absolute Gasteiger partial charge is 0.435 e. The molecule has 0 unspecified atom stereocenters. The zero-order chi connectivity index (χ0) is 16.1. The Morgan fingerprint density at radius 3 is 2.78 bits per heavy atom. The first-order chi connectivity index (χ1) is 11.0. The van der Waals surface area contributed by atoms with Crippen molar-refractivity contribution in [1.82, 2.24) is 9.97 Å². The molecule has 0 saturated heterocycles. The zero-order valence-corrected chi connectivity index (χ0v) is 14.1. The molecule has 4 rings (SSSR count). The highest BCUT2D eigenvalue weighted by molar-refractivity contribution is 7.22. The van der Waals surface area contributed by atoms with E-state index in [1.165, 1.54) is 16.9 Å². The lowest BCUT2D eigenvalue weighted by atomic mass is 10.1. The van der Waals surface area contributed by atoms with Gasteiger partial charge in [-0.3, -0.25) is 10.1 Å². The van der Waals surface area contributed by atoms with Crippen molar-refractivity contribution in [3.05, 3.63) is 40.6 Å². The van der Waals surface area contributed by atoms with E-state index in [2.05, 4.69) is 34.3 Å². The molecule has 0 bridgehead atoms. The number of nitrogens with one attached hydrogen (secondary N) is 1. The van der Waals surface area contributed by atoms with Crippen LogP contribution in [0.3, 0.4) is 0 Å². The molecule has 23 heavy (non-hydrogen) atoms. The van der Waals surface area contributed by atoms with Gasteiger partial charge in [-0.25, -0.2) is 9.97 Å². The maximum Gasteiger partial charge on any atom is 0.295 e. The third-order valence-electron chi connectivity index (χ3n) is 4.00. The lowest BCUT2D eigenvalue weighted by Crippen LogP contribution is -2.12. The van der Waals surface area contributed by atoms with E-state index in [-0.39, 0.29) is 5.91 Å². The second-order valence-electron chi connectivity index (χ2n) is 6.14. The van der Waals surface area contributed by atoms with Crippen LogP contribution in [-0.4, -0.2) is 15.9 Å².